The van der Waals surface area contributed by atoms with Gasteiger partial charge < -0.3 is 5.32 Å². The molecule has 31 heavy (non-hydrogen) atoms. The van der Waals surface area contributed by atoms with Gasteiger partial charge in [0.15, 0.2) is 0 Å². The minimum absolute atomic E-state index is 0.157. The van der Waals surface area contributed by atoms with Crippen LogP contribution >= 0.6 is 11.6 Å². The average molecular weight is 433 g/mol. The summed E-state index contributed by atoms with van der Waals surface area (Å²) in [6.07, 6.45) is 1.35. The molecule has 1 heterocycles. The zero-order chi connectivity index (χ0) is 22.0. The number of anilines is 1. The van der Waals surface area contributed by atoms with Gasteiger partial charge in [0.2, 0.25) is 5.91 Å². The van der Waals surface area contributed by atoms with Crippen LogP contribution in [0, 0.1) is 0 Å². The number of nitrogens with one attached hydrogen (secondary N) is 1. The molecule has 0 radical (unpaired) electrons. The third kappa shape index (κ3) is 4.08. The fourth-order valence-electron chi connectivity index (χ4n) is 4.12. The monoisotopic (exact) mass is 432 g/mol. The molecule has 0 aromatic heterocycles. The second-order valence-corrected chi connectivity index (χ2v) is 8.51. The van der Waals surface area contributed by atoms with Gasteiger partial charge in [0, 0.05) is 29.2 Å². The number of amides is 2. The van der Waals surface area contributed by atoms with Gasteiger partial charge in [-0.05, 0) is 60.4 Å². The number of hydrogen-bond acceptors (Lipinski definition) is 2. The van der Waals surface area contributed by atoms with Gasteiger partial charge in [-0.1, -0.05) is 61.0 Å². The van der Waals surface area contributed by atoms with Crippen LogP contribution < -0.4 is 10.2 Å². The lowest BCUT2D eigenvalue weighted by molar-refractivity contribution is -0.126. The molecule has 0 bridgehead atoms. The van der Waals surface area contributed by atoms with Crippen LogP contribution in [0.15, 0.2) is 72.8 Å². The van der Waals surface area contributed by atoms with Crippen LogP contribution in [0.3, 0.4) is 0 Å². The molecule has 4 rings (SSSR count). The highest BCUT2D eigenvalue weighted by Crippen LogP contribution is 2.35. The molecular formula is C26H25ClN2O2. The Kier molecular flexibility index (Phi) is 5.84. The minimum atomic E-state index is -1.05. The molecule has 3 aromatic carbocycles. The molecule has 1 atom stereocenters. The summed E-state index contributed by atoms with van der Waals surface area (Å²) in [7, 11) is 0. The van der Waals surface area contributed by atoms with Gasteiger partial charge >= 0.3 is 0 Å². The second kappa shape index (κ2) is 8.56. The van der Waals surface area contributed by atoms with Crippen LogP contribution in [0.25, 0.3) is 0 Å². The molecule has 158 valence electrons. The number of nitrogens with zero attached hydrogens (tertiary/aromatic N) is 1. The summed E-state index contributed by atoms with van der Waals surface area (Å²) in [5.74, 6) is -0.347. The van der Waals surface area contributed by atoms with Crippen LogP contribution in [0.1, 0.15) is 40.9 Å². The van der Waals surface area contributed by atoms with Gasteiger partial charge in [0.1, 0.15) is 5.54 Å². The highest BCUT2D eigenvalue weighted by Gasteiger charge is 2.47. The second-order valence-electron chi connectivity index (χ2n) is 8.08. The van der Waals surface area contributed by atoms with Crippen molar-refractivity contribution in [3.05, 3.63) is 100 Å². The number of halogens is 1. The van der Waals surface area contributed by atoms with Gasteiger partial charge in [-0.2, -0.15) is 0 Å². The minimum Gasteiger partial charge on any atom is -0.350 e. The molecule has 0 fully saturated rings. The van der Waals surface area contributed by atoms with Crippen LogP contribution in [-0.4, -0.2) is 17.4 Å². The van der Waals surface area contributed by atoms with Gasteiger partial charge in [-0.15, -0.1) is 0 Å². The van der Waals surface area contributed by atoms with Crippen molar-refractivity contribution in [3.63, 3.8) is 0 Å². The molecule has 0 saturated carbocycles. The molecule has 0 unspecified atom stereocenters. The van der Waals surface area contributed by atoms with E-state index >= 15 is 0 Å². The summed E-state index contributed by atoms with van der Waals surface area (Å²) in [5, 5.41) is 3.68. The molecule has 0 spiro atoms. The van der Waals surface area contributed by atoms with Crippen LogP contribution in [0.4, 0.5) is 5.69 Å². The first kappa shape index (κ1) is 21.1. The van der Waals surface area contributed by atoms with E-state index < -0.39 is 5.54 Å². The molecule has 1 N–H and O–H groups in total. The summed E-state index contributed by atoms with van der Waals surface area (Å²) < 4.78 is 0. The molecule has 1 aliphatic rings. The van der Waals surface area contributed by atoms with E-state index in [4.69, 9.17) is 11.6 Å². The molecule has 0 saturated heterocycles. The van der Waals surface area contributed by atoms with Crippen molar-refractivity contribution >= 4 is 29.1 Å². The van der Waals surface area contributed by atoms with E-state index in [1.54, 1.807) is 17.0 Å². The van der Waals surface area contributed by atoms with E-state index in [0.717, 1.165) is 23.2 Å². The van der Waals surface area contributed by atoms with Crippen LogP contribution in [-0.2, 0) is 24.2 Å². The first-order valence-corrected chi connectivity index (χ1v) is 10.8. The smallest absolute Gasteiger partial charge is 0.259 e. The zero-order valence-corrected chi connectivity index (χ0v) is 18.4. The Morgan fingerprint density at radius 2 is 1.65 bits per heavy atom. The van der Waals surface area contributed by atoms with Crippen molar-refractivity contribution in [2.24, 2.45) is 0 Å². The summed E-state index contributed by atoms with van der Waals surface area (Å²) in [6, 6.07) is 22.8. The topological polar surface area (TPSA) is 49.4 Å². The predicted molar refractivity (Wildman–Crippen MR) is 124 cm³/mol. The quantitative estimate of drug-likeness (QED) is 0.603. The molecule has 2 amide bonds. The summed E-state index contributed by atoms with van der Waals surface area (Å²) in [5.41, 5.74) is 3.33. The van der Waals surface area contributed by atoms with E-state index in [1.807, 2.05) is 67.6 Å². The lowest BCUT2D eigenvalue weighted by Crippen LogP contribution is -2.63. The van der Waals surface area contributed by atoms with Gasteiger partial charge in [-0.3, -0.25) is 14.5 Å². The van der Waals surface area contributed by atoms with E-state index in [9.17, 15) is 9.59 Å². The van der Waals surface area contributed by atoms with Crippen molar-refractivity contribution in [1.82, 2.24) is 5.32 Å². The van der Waals surface area contributed by atoms with Crippen molar-refractivity contribution in [3.8, 4) is 0 Å². The number of carbonyl (C=O) groups is 2. The number of aryl methyl sites for hydroxylation is 1. The van der Waals surface area contributed by atoms with E-state index in [1.165, 1.54) is 5.56 Å². The standard InChI is InChI=1S/C26H25ClN2O2/c1-3-18-10-14-22(15-11-18)29-24(30)23-7-5-4-6-20(23)16-26(29,2)25(31)28-17-19-8-12-21(27)13-9-19/h4-15H,3,16-17H2,1-2H3,(H,28,31)/t26-/m1/s1. The number of fused-ring (bicyclic) bond motifs is 1. The van der Waals surface area contributed by atoms with Crippen molar-refractivity contribution in [2.45, 2.75) is 38.8 Å². The Balaban J connectivity index is 1.69. The molecule has 4 nitrogen and oxygen atoms in total. The Morgan fingerprint density at radius 1 is 1.00 bits per heavy atom. The van der Waals surface area contributed by atoms with Gasteiger partial charge in [0.25, 0.3) is 5.91 Å². The van der Waals surface area contributed by atoms with Crippen molar-refractivity contribution in [2.75, 3.05) is 4.90 Å². The molecular weight excluding hydrogens is 408 g/mol. The average Bonchev–Trinajstić information content (AvgIpc) is 2.79. The third-order valence-corrected chi connectivity index (χ3v) is 6.19. The van der Waals surface area contributed by atoms with Crippen molar-refractivity contribution in [1.29, 1.82) is 0 Å². The van der Waals surface area contributed by atoms with E-state index in [2.05, 4.69) is 12.2 Å². The summed E-state index contributed by atoms with van der Waals surface area (Å²) in [6.45, 7) is 4.29. The third-order valence-electron chi connectivity index (χ3n) is 5.94. The molecule has 5 heteroatoms. The zero-order valence-electron chi connectivity index (χ0n) is 17.7. The molecule has 0 aliphatic carbocycles. The van der Waals surface area contributed by atoms with Crippen LogP contribution in [0.5, 0.6) is 0 Å². The first-order valence-electron chi connectivity index (χ1n) is 10.5. The fourth-order valence-corrected chi connectivity index (χ4v) is 4.24. The highest BCUT2D eigenvalue weighted by atomic mass is 35.5. The van der Waals surface area contributed by atoms with Crippen LogP contribution in [0.2, 0.25) is 5.02 Å². The highest BCUT2D eigenvalue weighted by molar-refractivity contribution is 6.30. The number of carbonyl (C=O) groups excluding carboxylic acids is 2. The lowest BCUT2D eigenvalue weighted by atomic mass is 9.82. The lowest BCUT2D eigenvalue weighted by Gasteiger charge is -2.44. The number of rotatable bonds is 5. The number of benzene rings is 3. The normalized spacial score (nSPS) is 17.9. The molecule has 3 aromatic rings. The van der Waals surface area contributed by atoms with Gasteiger partial charge in [-0.25, -0.2) is 0 Å². The maximum atomic E-state index is 13.5. The fraction of sp³-hybridized carbons (Fsp3) is 0.231. The Morgan fingerprint density at radius 3 is 2.32 bits per heavy atom. The molecule has 1 aliphatic heterocycles. The first-order chi connectivity index (χ1) is 14.9. The maximum Gasteiger partial charge on any atom is 0.259 e. The summed E-state index contributed by atoms with van der Waals surface area (Å²) >= 11 is 5.96. The van der Waals surface area contributed by atoms with E-state index in [-0.39, 0.29) is 11.8 Å². The SMILES string of the molecule is CCc1ccc(N2C(=O)c3ccccc3C[C@]2(C)C(=O)NCc2ccc(Cl)cc2)cc1. The van der Waals surface area contributed by atoms with E-state index in [0.29, 0.717) is 23.6 Å². The largest absolute Gasteiger partial charge is 0.350 e. The number of hydrogen-bond donors (Lipinski definition) is 1. The maximum absolute atomic E-state index is 13.5. The predicted octanol–water partition coefficient (Wildman–Crippen LogP) is 5.18. The Bertz CT molecular complexity index is 1110. The van der Waals surface area contributed by atoms with Crippen molar-refractivity contribution < 1.29 is 9.59 Å². The Hall–Kier alpha value is -3.11. The Labute approximate surface area is 187 Å². The van der Waals surface area contributed by atoms with Gasteiger partial charge in [0.05, 0.1) is 0 Å². The summed E-state index contributed by atoms with van der Waals surface area (Å²) in [4.78, 5) is 28.7.